The first-order valence-electron chi connectivity index (χ1n) is 6.77. The first kappa shape index (κ1) is 14.8. The second-order valence-corrected chi connectivity index (χ2v) is 5.74. The van der Waals surface area contributed by atoms with Gasteiger partial charge in [-0.1, -0.05) is 53.5 Å². The summed E-state index contributed by atoms with van der Waals surface area (Å²) in [6.45, 7) is 4.08. The SMILES string of the molecule is CCCc1ccccc1NC(=O)c1cc(Br)ccc1C. The second-order valence-electron chi connectivity index (χ2n) is 4.82. The molecular formula is C17H18BrNO. The highest BCUT2D eigenvalue weighted by Gasteiger charge is 2.11. The predicted octanol–water partition coefficient (Wildman–Crippen LogP) is 4.96. The number of hydrogen-bond acceptors (Lipinski definition) is 1. The number of hydrogen-bond donors (Lipinski definition) is 1. The molecule has 0 spiro atoms. The predicted molar refractivity (Wildman–Crippen MR) is 87.3 cm³/mol. The molecule has 104 valence electrons. The molecule has 0 atom stereocenters. The first-order valence-corrected chi connectivity index (χ1v) is 7.56. The van der Waals surface area contributed by atoms with Crippen molar-refractivity contribution >= 4 is 27.5 Å². The summed E-state index contributed by atoms with van der Waals surface area (Å²) < 4.78 is 0.912. The van der Waals surface area contributed by atoms with Crippen molar-refractivity contribution in [3.8, 4) is 0 Å². The van der Waals surface area contributed by atoms with E-state index in [0.717, 1.165) is 28.6 Å². The Morgan fingerprint density at radius 3 is 2.70 bits per heavy atom. The van der Waals surface area contributed by atoms with Crippen LogP contribution in [0.3, 0.4) is 0 Å². The van der Waals surface area contributed by atoms with E-state index in [4.69, 9.17) is 0 Å². The Kier molecular flexibility index (Phi) is 4.96. The lowest BCUT2D eigenvalue weighted by Crippen LogP contribution is -2.14. The van der Waals surface area contributed by atoms with E-state index < -0.39 is 0 Å². The summed E-state index contributed by atoms with van der Waals surface area (Å²) in [4.78, 5) is 12.4. The normalized spacial score (nSPS) is 10.3. The van der Waals surface area contributed by atoms with E-state index >= 15 is 0 Å². The molecule has 0 aliphatic carbocycles. The molecule has 3 heteroatoms. The molecule has 0 bridgehead atoms. The maximum Gasteiger partial charge on any atom is 0.255 e. The fraction of sp³-hybridized carbons (Fsp3) is 0.235. The van der Waals surface area contributed by atoms with Crippen LogP contribution >= 0.6 is 15.9 Å². The highest BCUT2D eigenvalue weighted by atomic mass is 79.9. The average Bonchev–Trinajstić information content (AvgIpc) is 2.44. The third-order valence-corrected chi connectivity index (χ3v) is 3.72. The van der Waals surface area contributed by atoms with Crippen molar-refractivity contribution in [2.75, 3.05) is 5.32 Å². The Balaban J connectivity index is 2.26. The van der Waals surface area contributed by atoms with Crippen molar-refractivity contribution in [1.29, 1.82) is 0 Å². The number of amides is 1. The van der Waals surface area contributed by atoms with Crippen LogP contribution in [0.4, 0.5) is 5.69 Å². The molecule has 0 fully saturated rings. The minimum Gasteiger partial charge on any atom is -0.322 e. The summed E-state index contributed by atoms with van der Waals surface area (Å²) in [5.41, 5.74) is 3.75. The largest absolute Gasteiger partial charge is 0.322 e. The standard InChI is InChI=1S/C17H18BrNO/c1-3-6-13-7-4-5-8-16(13)19-17(20)15-11-14(18)10-9-12(15)2/h4-5,7-11H,3,6H2,1-2H3,(H,19,20). The smallest absolute Gasteiger partial charge is 0.255 e. The summed E-state index contributed by atoms with van der Waals surface area (Å²) in [5.74, 6) is -0.0626. The number of carbonyl (C=O) groups excluding carboxylic acids is 1. The van der Waals surface area contributed by atoms with Crippen molar-refractivity contribution in [1.82, 2.24) is 0 Å². The summed E-state index contributed by atoms with van der Waals surface area (Å²) in [6.07, 6.45) is 2.02. The Morgan fingerprint density at radius 1 is 1.20 bits per heavy atom. The summed E-state index contributed by atoms with van der Waals surface area (Å²) in [6, 6.07) is 13.7. The molecule has 1 N–H and O–H groups in total. The topological polar surface area (TPSA) is 29.1 Å². The summed E-state index contributed by atoms with van der Waals surface area (Å²) >= 11 is 3.41. The summed E-state index contributed by atoms with van der Waals surface area (Å²) in [5, 5.41) is 3.02. The number of halogens is 1. The van der Waals surface area contributed by atoms with Gasteiger partial charge in [0.15, 0.2) is 0 Å². The van der Waals surface area contributed by atoms with Gasteiger partial charge in [0.05, 0.1) is 0 Å². The van der Waals surface area contributed by atoms with Gasteiger partial charge in [-0.05, 0) is 42.7 Å². The van der Waals surface area contributed by atoms with Gasteiger partial charge in [-0.3, -0.25) is 4.79 Å². The minimum absolute atomic E-state index is 0.0626. The molecule has 0 unspecified atom stereocenters. The van der Waals surface area contributed by atoms with Crippen molar-refractivity contribution in [3.63, 3.8) is 0 Å². The zero-order valence-electron chi connectivity index (χ0n) is 11.7. The van der Waals surface area contributed by atoms with Gasteiger partial charge in [-0.2, -0.15) is 0 Å². The van der Waals surface area contributed by atoms with E-state index in [1.807, 2.05) is 43.3 Å². The Hall–Kier alpha value is -1.61. The molecule has 0 radical (unpaired) electrons. The fourth-order valence-corrected chi connectivity index (χ4v) is 2.52. The van der Waals surface area contributed by atoms with Crippen molar-refractivity contribution < 1.29 is 4.79 Å². The van der Waals surface area contributed by atoms with Crippen LogP contribution in [0.5, 0.6) is 0 Å². The molecule has 0 saturated carbocycles. The van der Waals surface area contributed by atoms with Gasteiger partial charge in [0.25, 0.3) is 5.91 Å². The first-order chi connectivity index (χ1) is 9.61. The molecule has 0 aromatic heterocycles. The molecule has 0 saturated heterocycles. The zero-order valence-corrected chi connectivity index (χ0v) is 13.3. The maximum atomic E-state index is 12.4. The van der Waals surface area contributed by atoms with Crippen LogP contribution in [-0.2, 0) is 6.42 Å². The lowest BCUT2D eigenvalue weighted by molar-refractivity contribution is 0.102. The van der Waals surface area contributed by atoms with Gasteiger partial charge in [-0.25, -0.2) is 0 Å². The molecule has 2 rings (SSSR count). The van der Waals surface area contributed by atoms with Crippen LogP contribution in [-0.4, -0.2) is 5.91 Å². The number of anilines is 1. The van der Waals surface area contributed by atoms with E-state index in [0.29, 0.717) is 5.56 Å². The number of carbonyl (C=O) groups is 1. The highest BCUT2D eigenvalue weighted by molar-refractivity contribution is 9.10. The van der Waals surface area contributed by atoms with E-state index in [9.17, 15) is 4.79 Å². The number of nitrogens with one attached hydrogen (secondary N) is 1. The Labute approximate surface area is 128 Å². The van der Waals surface area contributed by atoms with E-state index in [1.165, 1.54) is 5.56 Å². The van der Waals surface area contributed by atoms with E-state index in [1.54, 1.807) is 0 Å². The number of aryl methyl sites for hydroxylation is 2. The minimum atomic E-state index is -0.0626. The van der Waals surface area contributed by atoms with Crippen LogP contribution in [0.2, 0.25) is 0 Å². The fourth-order valence-electron chi connectivity index (χ4n) is 2.16. The van der Waals surface area contributed by atoms with Crippen LogP contribution < -0.4 is 5.32 Å². The molecule has 2 aromatic rings. The van der Waals surface area contributed by atoms with E-state index in [2.05, 4.69) is 34.2 Å². The number of benzene rings is 2. The van der Waals surface area contributed by atoms with Gasteiger partial charge in [0.2, 0.25) is 0 Å². The van der Waals surface area contributed by atoms with Gasteiger partial charge < -0.3 is 5.32 Å². The maximum absolute atomic E-state index is 12.4. The zero-order chi connectivity index (χ0) is 14.5. The van der Waals surface area contributed by atoms with Crippen LogP contribution in [0, 0.1) is 6.92 Å². The molecule has 20 heavy (non-hydrogen) atoms. The Morgan fingerprint density at radius 2 is 1.95 bits per heavy atom. The van der Waals surface area contributed by atoms with Crippen LogP contribution in [0.1, 0.15) is 34.8 Å². The molecule has 0 heterocycles. The molecular weight excluding hydrogens is 314 g/mol. The molecule has 0 aliphatic rings. The second kappa shape index (κ2) is 6.71. The van der Waals surface area contributed by atoms with Crippen molar-refractivity contribution in [2.45, 2.75) is 26.7 Å². The van der Waals surface area contributed by atoms with Crippen LogP contribution in [0.25, 0.3) is 0 Å². The lowest BCUT2D eigenvalue weighted by atomic mass is 10.1. The highest BCUT2D eigenvalue weighted by Crippen LogP contribution is 2.20. The number of rotatable bonds is 4. The van der Waals surface area contributed by atoms with Gasteiger partial charge >= 0.3 is 0 Å². The van der Waals surface area contributed by atoms with Crippen LogP contribution in [0.15, 0.2) is 46.9 Å². The molecule has 2 aromatic carbocycles. The third kappa shape index (κ3) is 3.48. The monoisotopic (exact) mass is 331 g/mol. The van der Waals surface area contributed by atoms with Gasteiger partial charge in [0, 0.05) is 15.7 Å². The third-order valence-electron chi connectivity index (χ3n) is 3.23. The van der Waals surface area contributed by atoms with Gasteiger partial charge in [0.1, 0.15) is 0 Å². The van der Waals surface area contributed by atoms with Gasteiger partial charge in [-0.15, -0.1) is 0 Å². The van der Waals surface area contributed by atoms with Crippen molar-refractivity contribution in [3.05, 3.63) is 63.6 Å². The van der Waals surface area contributed by atoms with E-state index in [-0.39, 0.29) is 5.91 Å². The lowest BCUT2D eigenvalue weighted by Gasteiger charge is -2.12. The molecule has 1 amide bonds. The molecule has 0 aliphatic heterocycles. The van der Waals surface area contributed by atoms with Crippen molar-refractivity contribution in [2.24, 2.45) is 0 Å². The summed E-state index contributed by atoms with van der Waals surface area (Å²) in [7, 11) is 0. The molecule has 2 nitrogen and oxygen atoms in total. The average molecular weight is 332 g/mol. The Bertz CT molecular complexity index is 622. The number of para-hydroxylation sites is 1. The quantitative estimate of drug-likeness (QED) is 0.842.